The second kappa shape index (κ2) is 6.71. The Labute approximate surface area is 125 Å². The molecule has 1 amide bonds. The summed E-state index contributed by atoms with van der Waals surface area (Å²) in [6.07, 6.45) is 4.85. The number of alkyl halides is 1. The molecule has 0 spiro atoms. The van der Waals surface area contributed by atoms with Crippen LogP contribution in [0.1, 0.15) is 36.0 Å². The van der Waals surface area contributed by atoms with E-state index in [2.05, 4.69) is 37.2 Å². The number of amides is 1. The van der Waals surface area contributed by atoms with Crippen molar-refractivity contribution in [1.29, 1.82) is 0 Å². The summed E-state index contributed by atoms with van der Waals surface area (Å²) in [5, 5.41) is 3.04. The highest BCUT2D eigenvalue weighted by Gasteiger charge is 2.19. The zero-order chi connectivity index (χ0) is 13.0. The molecule has 2 rings (SSSR count). The van der Waals surface area contributed by atoms with Gasteiger partial charge in [0.15, 0.2) is 0 Å². The second-order valence-electron chi connectivity index (χ2n) is 4.84. The highest BCUT2D eigenvalue weighted by Crippen LogP contribution is 2.28. The lowest BCUT2D eigenvalue weighted by atomic mass is 9.89. The van der Waals surface area contributed by atoms with Gasteiger partial charge in [-0.2, -0.15) is 0 Å². The topological polar surface area (TPSA) is 29.1 Å². The molecule has 1 N–H and O–H groups in total. The first kappa shape index (κ1) is 14.1. The molecule has 0 radical (unpaired) electrons. The quantitative estimate of drug-likeness (QED) is 0.791. The Bertz CT molecular complexity index is 414. The zero-order valence-corrected chi connectivity index (χ0v) is 13.3. The number of benzene rings is 1. The molecule has 1 saturated carbocycles. The Morgan fingerprint density at radius 3 is 2.67 bits per heavy atom. The molecule has 18 heavy (non-hydrogen) atoms. The fraction of sp³-hybridized carbons (Fsp3) is 0.500. The van der Waals surface area contributed by atoms with E-state index in [1.807, 2.05) is 24.3 Å². The van der Waals surface area contributed by atoms with Crippen LogP contribution in [-0.2, 0) is 0 Å². The number of rotatable bonds is 3. The normalized spacial score (nSPS) is 23.7. The molecular weight excluding hydrogens is 358 g/mol. The second-order valence-corrected chi connectivity index (χ2v) is 7.05. The van der Waals surface area contributed by atoms with Crippen LogP contribution in [0.25, 0.3) is 0 Å². The number of nitrogens with one attached hydrogen (secondary N) is 1. The molecule has 0 bridgehead atoms. The highest BCUT2D eigenvalue weighted by molar-refractivity contribution is 9.10. The summed E-state index contributed by atoms with van der Waals surface area (Å²) in [6, 6.07) is 7.50. The van der Waals surface area contributed by atoms with Crippen molar-refractivity contribution < 1.29 is 4.79 Å². The van der Waals surface area contributed by atoms with Crippen LogP contribution >= 0.6 is 31.9 Å². The van der Waals surface area contributed by atoms with E-state index in [1.54, 1.807) is 0 Å². The van der Waals surface area contributed by atoms with Crippen molar-refractivity contribution in [2.75, 3.05) is 6.54 Å². The largest absolute Gasteiger partial charge is 0.352 e. The first-order chi connectivity index (χ1) is 8.65. The third kappa shape index (κ3) is 4.09. The van der Waals surface area contributed by atoms with Gasteiger partial charge < -0.3 is 5.32 Å². The molecule has 2 nitrogen and oxygen atoms in total. The molecule has 1 fully saturated rings. The fourth-order valence-corrected chi connectivity index (χ4v) is 3.22. The molecule has 0 unspecified atom stereocenters. The summed E-state index contributed by atoms with van der Waals surface area (Å²) in [5.41, 5.74) is 0.721. The van der Waals surface area contributed by atoms with Crippen molar-refractivity contribution in [3.63, 3.8) is 0 Å². The third-order valence-electron chi connectivity index (χ3n) is 3.41. The minimum Gasteiger partial charge on any atom is -0.352 e. The van der Waals surface area contributed by atoms with Crippen molar-refractivity contribution in [3.05, 3.63) is 34.3 Å². The minimum atomic E-state index is 0.0252. The van der Waals surface area contributed by atoms with Crippen molar-refractivity contribution in [3.8, 4) is 0 Å². The predicted octanol–water partition coefficient (Wildman–Crippen LogP) is 4.13. The fourth-order valence-electron chi connectivity index (χ4n) is 2.29. The molecule has 1 aromatic carbocycles. The van der Waals surface area contributed by atoms with Crippen LogP contribution in [0.5, 0.6) is 0 Å². The number of carbonyl (C=O) groups is 1. The number of hydrogen-bond acceptors (Lipinski definition) is 1. The van der Waals surface area contributed by atoms with Crippen LogP contribution < -0.4 is 5.32 Å². The first-order valence-corrected chi connectivity index (χ1v) is 8.04. The van der Waals surface area contributed by atoms with Crippen molar-refractivity contribution >= 4 is 37.8 Å². The predicted molar refractivity (Wildman–Crippen MR) is 81.1 cm³/mol. The molecule has 0 aliphatic heterocycles. The molecule has 0 aromatic heterocycles. The molecule has 98 valence electrons. The van der Waals surface area contributed by atoms with Crippen LogP contribution in [-0.4, -0.2) is 17.3 Å². The van der Waals surface area contributed by atoms with E-state index in [0.29, 0.717) is 10.7 Å². The van der Waals surface area contributed by atoms with Crippen LogP contribution in [0.3, 0.4) is 0 Å². The summed E-state index contributed by atoms with van der Waals surface area (Å²) in [4.78, 5) is 12.6. The molecule has 0 atom stereocenters. The molecule has 0 heterocycles. The summed E-state index contributed by atoms with van der Waals surface area (Å²) in [7, 11) is 0. The Hall–Kier alpha value is -0.350. The molecular formula is C14H17Br2NO. The van der Waals surface area contributed by atoms with E-state index >= 15 is 0 Å². The van der Waals surface area contributed by atoms with Gasteiger partial charge in [-0.3, -0.25) is 4.79 Å². The van der Waals surface area contributed by atoms with E-state index in [0.717, 1.165) is 16.6 Å². The summed E-state index contributed by atoms with van der Waals surface area (Å²) in [5.74, 6) is 0.659. The van der Waals surface area contributed by atoms with Crippen molar-refractivity contribution in [2.45, 2.75) is 30.5 Å². The summed E-state index contributed by atoms with van der Waals surface area (Å²) < 4.78 is 0.940. The lowest BCUT2D eigenvalue weighted by Crippen LogP contribution is -2.31. The van der Waals surface area contributed by atoms with E-state index in [9.17, 15) is 4.79 Å². The summed E-state index contributed by atoms with van der Waals surface area (Å²) in [6.45, 7) is 0.797. The van der Waals surface area contributed by atoms with Gasteiger partial charge in [0, 0.05) is 21.4 Å². The van der Waals surface area contributed by atoms with Gasteiger partial charge in [0.05, 0.1) is 0 Å². The third-order valence-corrected chi connectivity index (χ3v) is 4.82. The van der Waals surface area contributed by atoms with Gasteiger partial charge in [-0.15, -0.1) is 0 Å². The van der Waals surface area contributed by atoms with Gasteiger partial charge >= 0.3 is 0 Å². The van der Waals surface area contributed by atoms with Gasteiger partial charge in [-0.25, -0.2) is 0 Å². The standard InChI is InChI=1S/C14H17Br2NO/c15-12-6-4-10(5-7-12)9-17-14(18)11-2-1-3-13(16)8-11/h1-3,8,10,12H,4-7,9H2,(H,17,18). The maximum Gasteiger partial charge on any atom is 0.251 e. The Morgan fingerprint density at radius 1 is 1.28 bits per heavy atom. The zero-order valence-electron chi connectivity index (χ0n) is 10.2. The van der Waals surface area contributed by atoms with Crippen LogP contribution in [0.4, 0.5) is 0 Å². The average Bonchev–Trinajstić information content (AvgIpc) is 2.38. The molecule has 1 aliphatic carbocycles. The van der Waals surface area contributed by atoms with Crippen LogP contribution in [0.15, 0.2) is 28.7 Å². The Morgan fingerprint density at radius 2 is 2.00 bits per heavy atom. The molecule has 1 aromatic rings. The van der Waals surface area contributed by atoms with Crippen LogP contribution in [0, 0.1) is 5.92 Å². The van der Waals surface area contributed by atoms with E-state index in [4.69, 9.17) is 0 Å². The smallest absolute Gasteiger partial charge is 0.251 e. The lowest BCUT2D eigenvalue weighted by molar-refractivity contribution is 0.0944. The SMILES string of the molecule is O=C(NCC1CCC(Br)CC1)c1cccc(Br)c1. The monoisotopic (exact) mass is 373 g/mol. The number of carbonyl (C=O) groups excluding carboxylic acids is 1. The first-order valence-electron chi connectivity index (χ1n) is 6.33. The average molecular weight is 375 g/mol. The van der Waals surface area contributed by atoms with E-state index in [1.165, 1.54) is 25.7 Å². The van der Waals surface area contributed by atoms with Gasteiger partial charge in [-0.05, 0) is 49.8 Å². The van der Waals surface area contributed by atoms with E-state index in [-0.39, 0.29) is 5.91 Å². The van der Waals surface area contributed by atoms with Gasteiger partial charge in [-0.1, -0.05) is 37.9 Å². The maximum absolute atomic E-state index is 12.0. The van der Waals surface area contributed by atoms with Gasteiger partial charge in [0.1, 0.15) is 0 Å². The molecule has 0 saturated heterocycles. The van der Waals surface area contributed by atoms with Crippen molar-refractivity contribution in [1.82, 2.24) is 5.32 Å². The number of hydrogen-bond donors (Lipinski definition) is 1. The lowest BCUT2D eigenvalue weighted by Gasteiger charge is -2.25. The maximum atomic E-state index is 12.0. The summed E-state index contributed by atoms with van der Waals surface area (Å²) >= 11 is 7.03. The molecule has 4 heteroatoms. The van der Waals surface area contributed by atoms with Crippen molar-refractivity contribution in [2.24, 2.45) is 5.92 Å². The van der Waals surface area contributed by atoms with E-state index < -0.39 is 0 Å². The van der Waals surface area contributed by atoms with Gasteiger partial charge in [0.2, 0.25) is 0 Å². The van der Waals surface area contributed by atoms with Crippen LogP contribution in [0.2, 0.25) is 0 Å². The Balaban J connectivity index is 1.81. The molecule has 1 aliphatic rings. The number of halogens is 2. The minimum absolute atomic E-state index is 0.0252. The Kier molecular flexibility index (Phi) is 5.25. The van der Waals surface area contributed by atoms with Gasteiger partial charge in [0.25, 0.3) is 5.91 Å². The highest BCUT2D eigenvalue weighted by atomic mass is 79.9.